The molecule has 0 amide bonds. The summed E-state index contributed by atoms with van der Waals surface area (Å²) in [7, 11) is 1.73. The first-order valence-electron chi connectivity index (χ1n) is 1.31. The molecule has 0 aromatic heterocycles. The average Bonchev–Trinajstić information content (AvgIpc) is 1.36. The Morgan fingerprint density at radius 1 is 1.83 bits per heavy atom. The van der Waals surface area contributed by atoms with Gasteiger partial charge in [-0.25, -0.2) is 4.79 Å². The van der Waals surface area contributed by atoms with Gasteiger partial charge in [-0.15, -0.1) is 0 Å². The molecule has 0 aliphatic rings. The van der Waals surface area contributed by atoms with Crippen molar-refractivity contribution in [2.45, 2.75) is 5.85 Å². The third kappa shape index (κ3) is 2.12. The van der Waals surface area contributed by atoms with Gasteiger partial charge in [-0.2, -0.15) is 0 Å². The molecule has 0 saturated heterocycles. The summed E-state index contributed by atoms with van der Waals surface area (Å²) >= 11 is 0. The van der Waals surface area contributed by atoms with Crippen molar-refractivity contribution in [1.29, 1.82) is 0 Å². The van der Waals surface area contributed by atoms with Gasteiger partial charge >= 0.3 is 5.97 Å². The van der Waals surface area contributed by atoms with Gasteiger partial charge in [-0.05, 0) is 0 Å². The highest BCUT2D eigenvalue weighted by molar-refractivity contribution is 7.18. The maximum absolute atomic E-state index is 9.43. The highest BCUT2D eigenvalue weighted by atomic mass is 31.0. The zero-order valence-electron chi connectivity index (χ0n) is 2.96. The summed E-state index contributed by atoms with van der Waals surface area (Å²) < 4.78 is 0. The van der Waals surface area contributed by atoms with Crippen LogP contribution in [0, 0.1) is 0 Å². The van der Waals surface area contributed by atoms with Gasteiger partial charge in [-0.3, -0.25) is 0 Å². The Hall–Kier alpha value is -0.140. The summed E-state index contributed by atoms with van der Waals surface area (Å²) in [6.07, 6.45) is 0. The van der Waals surface area contributed by atoms with Gasteiger partial charge in [0.05, 0.1) is 0 Å². The fourth-order valence-corrected chi connectivity index (χ4v) is 0. The smallest absolute Gasteiger partial charge is 0.336 e. The second kappa shape index (κ2) is 2.11. The molecule has 2 N–H and O–H groups in total. The summed E-state index contributed by atoms with van der Waals surface area (Å²) in [5.41, 5.74) is 0. The van der Waals surface area contributed by atoms with E-state index >= 15 is 0 Å². The molecule has 0 aliphatic carbocycles. The molecule has 0 fully saturated rings. The maximum Gasteiger partial charge on any atom is 0.336 e. The molecule has 0 saturated carbocycles. The number of carboxylic acid groups (broad SMARTS) is 1. The summed E-state index contributed by atoms with van der Waals surface area (Å²) in [5, 5.41) is 15.7. The van der Waals surface area contributed by atoms with E-state index in [9.17, 15) is 4.79 Å². The molecular formula is C2H5O3P. The normalized spacial score (nSPS) is 13.7. The van der Waals surface area contributed by atoms with Crippen molar-refractivity contribution in [3.8, 4) is 0 Å². The van der Waals surface area contributed by atoms with Crippen molar-refractivity contribution in [2.75, 3.05) is 0 Å². The number of aliphatic carboxylic acids is 1. The molecule has 0 bridgehead atoms. The average molecular weight is 108 g/mol. The highest BCUT2D eigenvalue weighted by Crippen LogP contribution is 1.90. The fourth-order valence-electron chi connectivity index (χ4n) is 0. The van der Waals surface area contributed by atoms with Gasteiger partial charge in [0.1, 0.15) is 0 Å². The molecule has 0 spiro atoms. The molecule has 4 heteroatoms. The number of carbonyl (C=O) groups is 1. The van der Waals surface area contributed by atoms with Gasteiger partial charge in [0.15, 0.2) is 5.85 Å². The Morgan fingerprint density at radius 2 is 2.00 bits per heavy atom. The van der Waals surface area contributed by atoms with Crippen LogP contribution in [-0.4, -0.2) is 22.0 Å². The number of carboxylic acids is 1. The third-order valence-corrected chi connectivity index (χ3v) is 0.538. The first-order valence-corrected chi connectivity index (χ1v) is 1.97. The van der Waals surface area contributed by atoms with Gasteiger partial charge in [0.25, 0.3) is 0 Å². The van der Waals surface area contributed by atoms with Gasteiger partial charge < -0.3 is 10.2 Å². The first-order chi connectivity index (χ1) is 2.64. The number of aliphatic hydroxyl groups is 1. The largest absolute Gasteiger partial charge is 0.479 e. The Kier molecular flexibility index (Phi) is 2.06. The summed E-state index contributed by atoms with van der Waals surface area (Å²) in [6, 6.07) is 0. The Morgan fingerprint density at radius 3 is 2.00 bits per heavy atom. The Labute approximate surface area is 37.2 Å². The van der Waals surface area contributed by atoms with Gasteiger partial charge in [-0.1, -0.05) is 9.24 Å². The van der Waals surface area contributed by atoms with Crippen LogP contribution in [0.5, 0.6) is 0 Å². The van der Waals surface area contributed by atoms with E-state index in [-0.39, 0.29) is 0 Å². The van der Waals surface area contributed by atoms with Crippen molar-refractivity contribution in [1.82, 2.24) is 0 Å². The fraction of sp³-hybridized carbons (Fsp3) is 0.500. The molecular weight excluding hydrogens is 103 g/mol. The van der Waals surface area contributed by atoms with E-state index in [1.165, 1.54) is 0 Å². The number of aliphatic hydroxyl groups excluding tert-OH is 1. The predicted molar refractivity (Wildman–Crippen MR) is 23.4 cm³/mol. The molecule has 3 nitrogen and oxygen atoms in total. The van der Waals surface area contributed by atoms with Crippen molar-refractivity contribution >= 4 is 15.2 Å². The zero-order chi connectivity index (χ0) is 5.15. The van der Waals surface area contributed by atoms with Crippen LogP contribution in [0.1, 0.15) is 0 Å². The molecule has 2 unspecified atom stereocenters. The lowest BCUT2D eigenvalue weighted by Gasteiger charge is -1.89. The van der Waals surface area contributed by atoms with Crippen LogP contribution in [-0.2, 0) is 4.79 Å². The molecule has 0 radical (unpaired) electrons. The van der Waals surface area contributed by atoms with Crippen LogP contribution in [0.2, 0.25) is 0 Å². The minimum absolute atomic E-state index is 1.22. The first kappa shape index (κ1) is 5.86. The predicted octanol–water partition coefficient (Wildman–Crippen LogP) is -0.735. The summed E-state index contributed by atoms with van der Waals surface area (Å²) in [4.78, 5) is 9.43. The van der Waals surface area contributed by atoms with Crippen LogP contribution >= 0.6 is 9.24 Å². The van der Waals surface area contributed by atoms with Gasteiger partial charge in [0, 0.05) is 0 Å². The minimum Gasteiger partial charge on any atom is -0.479 e. The van der Waals surface area contributed by atoms with Crippen LogP contribution in [0.25, 0.3) is 0 Å². The number of rotatable bonds is 1. The number of hydrogen-bond acceptors (Lipinski definition) is 2. The maximum atomic E-state index is 9.43. The van der Waals surface area contributed by atoms with E-state index in [2.05, 4.69) is 0 Å². The van der Waals surface area contributed by atoms with Crippen LogP contribution in [0.4, 0.5) is 0 Å². The zero-order valence-corrected chi connectivity index (χ0v) is 4.11. The van der Waals surface area contributed by atoms with Crippen LogP contribution < -0.4 is 0 Å². The van der Waals surface area contributed by atoms with Crippen molar-refractivity contribution in [3.63, 3.8) is 0 Å². The molecule has 0 aromatic carbocycles. The topological polar surface area (TPSA) is 57.5 Å². The molecule has 2 atom stereocenters. The lowest BCUT2D eigenvalue weighted by molar-refractivity contribution is -0.142. The second-order valence-electron chi connectivity index (χ2n) is 0.783. The van der Waals surface area contributed by atoms with Crippen molar-refractivity contribution in [2.24, 2.45) is 0 Å². The quantitative estimate of drug-likeness (QED) is 0.435. The Balaban J connectivity index is 3.26. The molecule has 0 aromatic rings. The van der Waals surface area contributed by atoms with Gasteiger partial charge in [0.2, 0.25) is 0 Å². The summed E-state index contributed by atoms with van der Waals surface area (Å²) in [6.45, 7) is 0. The van der Waals surface area contributed by atoms with E-state index in [0.29, 0.717) is 0 Å². The van der Waals surface area contributed by atoms with Crippen LogP contribution in [0.3, 0.4) is 0 Å². The SMILES string of the molecule is O=C(O)C(O)P. The summed E-state index contributed by atoms with van der Waals surface area (Å²) in [5.74, 6) is -2.54. The highest BCUT2D eigenvalue weighted by Gasteiger charge is 2.01. The van der Waals surface area contributed by atoms with E-state index in [0.717, 1.165) is 0 Å². The monoisotopic (exact) mass is 108 g/mol. The molecule has 0 rings (SSSR count). The van der Waals surface area contributed by atoms with E-state index in [1.807, 2.05) is 0 Å². The van der Waals surface area contributed by atoms with E-state index < -0.39 is 11.8 Å². The molecule has 0 aliphatic heterocycles. The Bertz CT molecular complexity index is 59.8. The second-order valence-corrected chi connectivity index (χ2v) is 1.41. The van der Waals surface area contributed by atoms with Crippen molar-refractivity contribution in [3.05, 3.63) is 0 Å². The lowest BCUT2D eigenvalue weighted by Crippen LogP contribution is -2.09. The standard InChI is InChI=1S/C2H5O3P/c3-1(4)2(5)6/h2,5H,6H2,(H,3,4). The van der Waals surface area contributed by atoms with Crippen molar-refractivity contribution < 1.29 is 15.0 Å². The van der Waals surface area contributed by atoms with E-state index in [1.54, 1.807) is 9.24 Å². The molecule has 6 heavy (non-hydrogen) atoms. The van der Waals surface area contributed by atoms with E-state index in [4.69, 9.17) is 10.2 Å². The molecule has 36 valence electrons. The lowest BCUT2D eigenvalue weighted by atomic mass is 10.7. The van der Waals surface area contributed by atoms with Crippen LogP contribution in [0.15, 0.2) is 0 Å². The number of hydrogen-bond donors (Lipinski definition) is 2. The molecule has 0 heterocycles. The minimum atomic E-state index is -1.31. The third-order valence-electron chi connectivity index (χ3n) is 0.253.